The van der Waals surface area contributed by atoms with Gasteiger partial charge in [-0.2, -0.15) is 4.72 Å². The number of rotatable bonds is 6. The Bertz CT molecular complexity index is 541. The van der Waals surface area contributed by atoms with Crippen LogP contribution in [0.4, 0.5) is 4.39 Å². The van der Waals surface area contributed by atoms with Crippen LogP contribution in [0, 0.1) is 11.7 Å². The van der Waals surface area contributed by atoms with Crippen molar-refractivity contribution in [2.75, 3.05) is 0 Å². The van der Waals surface area contributed by atoms with E-state index in [1.165, 1.54) is 0 Å². The van der Waals surface area contributed by atoms with Gasteiger partial charge in [-0.1, -0.05) is 20.3 Å². The Morgan fingerprint density at radius 1 is 1.37 bits per heavy atom. The van der Waals surface area contributed by atoms with Crippen molar-refractivity contribution in [1.82, 2.24) is 4.72 Å². The Hall–Kier alpha value is -1.47. The number of aliphatic carboxylic acids is 1. The van der Waals surface area contributed by atoms with Gasteiger partial charge in [0.2, 0.25) is 10.0 Å². The zero-order valence-corrected chi connectivity index (χ0v) is 11.4. The number of carboxylic acids is 1. The average Bonchev–Trinajstić information content (AvgIpc) is 2.35. The van der Waals surface area contributed by atoms with Gasteiger partial charge in [0.25, 0.3) is 0 Å². The highest BCUT2D eigenvalue weighted by molar-refractivity contribution is 7.89. The average molecular weight is 289 g/mol. The maximum absolute atomic E-state index is 12.7. The van der Waals surface area contributed by atoms with Crippen LogP contribution in [0.25, 0.3) is 0 Å². The summed E-state index contributed by atoms with van der Waals surface area (Å²) < 4.78 is 38.8. The van der Waals surface area contributed by atoms with Crippen LogP contribution in [0.15, 0.2) is 29.2 Å². The number of carboxylic acid groups (broad SMARTS) is 1. The molecule has 0 fully saturated rings. The van der Waals surface area contributed by atoms with Crippen LogP contribution in [0.5, 0.6) is 0 Å². The van der Waals surface area contributed by atoms with E-state index in [-0.39, 0.29) is 10.8 Å². The summed E-state index contributed by atoms with van der Waals surface area (Å²) in [4.78, 5) is 10.9. The number of nitrogens with one attached hydrogen (secondary N) is 1. The Morgan fingerprint density at radius 2 is 1.89 bits per heavy atom. The molecular formula is C12H16FNO4S. The molecule has 19 heavy (non-hydrogen) atoms. The van der Waals surface area contributed by atoms with Gasteiger partial charge < -0.3 is 5.11 Å². The number of halogens is 1. The van der Waals surface area contributed by atoms with Gasteiger partial charge in [-0.05, 0) is 30.2 Å². The van der Waals surface area contributed by atoms with Crippen molar-refractivity contribution in [3.8, 4) is 0 Å². The van der Waals surface area contributed by atoms with Crippen LogP contribution >= 0.6 is 0 Å². The monoisotopic (exact) mass is 289 g/mol. The van der Waals surface area contributed by atoms with E-state index in [2.05, 4.69) is 4.72 Å². The van der Waals surface area contributed by atoms with Crippen LogP contribution in [-0.4, -0.2) is 25.5 Å². The van der Waals surface area contributed by atoms with Gasteiger partial charge in [0.15, 0.2) is 0 Å². The zero-order chi connectivity index (χ0) is 14.6. The fraction of sp³-hybridized carbons (Fsp3) is 0.417. The Kier molecular flexibility index (Phi) is 5.02. The molecule has 1 aromatic rings. The Balaban J connectivity index is 3.00. The molecule has 0 spiro atoms. The normalized spacial score (nSPS) is 14.9. The second-order valence-electron chi connectivity index (χ2n) is 4.28. The molecule has 0 amide bonds. The first-order chi connectivity index (χ1) is 8.77. The second-order valence-corrected chi connectivity index (χ2v) is 5.99. The molecule has 5 nitrogen and oxygen atoms in total. The van der Waals surface area contributed by atoms with Crippen LogP contribution in [0.2, 0.25) is 0 Å². The fourth-order valence-corrected chi connectivity index (χ4v) is 2.79. The van der Waals surface area contributed by atoms with Crippen molar-refractivity contribution in [2.45, 2.75) is 31.2 Å². The lowest BCUT2D eigenvalue weighted by Crippen LogP contribution is -2.44. The van der Waals surface area contributed by atoms with E-state index in [1.807, 2.05) is 0 Å². The highest BCUT2D eigenvalue weighted by Gasteiger charge is 2.29. The Morgan fingerprint density at radius 3 is 2.32 bits per heavy atom. The number of hydrogen-bond acceptors (Lipinski definition) is 3. The van der Waals surface area contributed by atoms with Gasteiger partial charge >= 0.3 is 5.97 Å². The lowest BCUT2D eigenvalue weighted by atomic mass is 10.0. The second kappa shape index (κ2) is 6.12. The largest absolute Gasteiger partial charge is 0.480 e. The summed E-state index contributed by atoms with van der Waals surface area (Å²) >= 11 is 0. The van der Waals surface area contributed by atoms with Crippen molar-refractivity contribution in [2.24, 2.45) is 5.92 Å². The topological polar surface area (TPSA) is 83.5 Å². The number of carbonyl (C=O) groups is 1. The minimum absolute atomic E-state index is 0.163. The molecule has 106 valence electrons. The molecule has 0 aromatic heterocycles. The first kappa shape index (κ1) is 15.6. The molecule has 1 aromatic carbocycles. The molecule has 0 aliphatic rings. The van der Waals surface area contributed by atoms with Crippen molar-refractivity contribution >= 4 is 16.0 Å². The summed E-state index contributed by atoms with van der Waals surface area (Å²) in [5.74, 6) is -2.15. The maximum atomic E-state index is 12.7. The van der Waals surface area contributed by atoms with E-state index >= 15 is 0 Å². The summed E-state index contributed by atoms with van der Waals surface area (Å²) in [6.07, 6.45) is 0.517. The fourth-order valence-electron chi connectivity index (χ4n) is 1.49. The molecule has 0 saturated carbocycles. The molecule has 0 radical (unpaired) electrons. The van der Waals surface area contributed by atoms with E-state index < -0.39 is 27.9 Å². The number of hydrogen-bond donors (Lipinski definition) is 2. The van der Waals surface area contributed by atoms with E-state index in [0.717, 1.165) is 24.3 Å². The predicted molar refractivity (Wildman–Crippen MR) is 67.6 cm³/mol. The first-order valence-corrected chi connectivity index (χ1v) is 7.27. The van der Waals surface area contributed by atoms with E-state index in [0.29, 0.717) is 6.42 Å². The van der Waals surface area contributed by atoms with Gasteiger partial charge in [0.05, 0.1) is 4.90 Å². The highest BCUT2D eigenvalue weighted by Crippen LogP contribution is 2.14. The molecule has 0 aliphatic carbocycles. The molecule has 0 bridgehead atoms. The lowest BCUT2D eigenvalue weighted by molar-refractivity contribution is -0.140. The summed E-state index contributed by atoms with van der Waals surface area (Å²) in [6, 6.07) is 2.99. The summed E-state index contributed by atoms with van der Waals surface area (Å²) in [5, 5.41) is 9.04. The lowest BCUT2D eigenvalue weighted by Gasteiger charge is -2.20. The molecule has 0 unspecified atom stereocenters. The van der Waals surface area contributed by atoms with Crippen molar-refractivity contribution in [3.63, 3.8) is 0 Å². The van der Waals surface area contributed by atoms with E-state index in [1.54, 1.807) is 13.8 Å². The van der Waals surface area contributed by atoms with E-state index in [4.69, 9.17) is 5.11 Å². The maximum Gasteiger partial charge on any atom is 0.322 e. The predicted octanol–water partition coefficient (Wildman–Crippen LogP) is 1.60. The van der Waals surface area contributed by atoms with Crippen LogP contribution in [0.3, 0.4) is 0 Å². The first-order valence-electron chi connectivity index (χ1n) is 5.78. The van der Waals surface area contributed by atoms with E-state index in [9.17, 15) is 17.6 Å². The molecule has 0 heterocycles. The molecule has 1 rings (SSSR count). The van der Waals surface area contributed by atoms with Gasteiger partial charge in [-0.25, -0.2) is 12.8 Å². The summed E-state index contributed by atoms with van der Waals surface area (Å²) in [6.45, 7) is 3.42. The minimum Gasteiger partial charge on any atom is -0.480 e. The quantitative estimate of drug-likeness (QED) is 0.833. The Labute approximate surface area is 111 Å². The SMILES string of the molecule is CC[C@H](C)[C@H](NS(=O)(=O)c1ccc(F)cc1)C(=O)O. The van der Waals surface area contributed by atoms with Crippen LogP contribution in [0.1, 0.15) is 20.3 Å². The van der Waals surface area contributed by atoms with Crippen molar-refractivity contribution in [1.29, 1.82) is 0 Å². The van der Waals surface area contributed by atoms with Gasteiger partial charge in [-0.15, -0.1) is 0 Å². The minimum atomic E-state index is -3.97. The van der Waals surface area contributed by atoms with Crippen LogP contribution in [-0.2, 0) is 14.8 Å². The van der Waals surface area contributed by atoms with Gasteiger partial charge in [0, 0.05) is 0 Å². The molecule has 7 heteroatoms. The number of benzene rings is 1. The molecular weight excluding hydrogens is 273 g/mol. The molecule has 0 saturated heterocycles. The highest BCUT2D eigenvalue weighted by atomic mass is 32.2. The summed E-state index contributed by atoms with van der Waals surface area (Å²) in [7, 11) is -3.97. The molecule has 2 atom stereocenters. The molecule has 2 N–H and O–H groups in total. The third kappa shape index (κ3) is 4.00. The summed E-state index contributed by atoms with van der Waals surface area (Å²) in [5.41, 5.74) is 0. The van der Waals surface area contributed by atoms with Crippen molar-refractivity contribution < 1.29 is 22.7 Å². The third-order valence-corrected chi connectivity index (χ3v) is 4.34. The molecule has 0 aliphatic heterocycles. The smallest absolute Gasteiger partial charge is 0.322 e. The standard InChI is InChI=1S/C12H16FNO4S/c1-3-8(2)11(12(15)16)14-19(17,18)10-6-4-9(13)5-7-10/h4-8,11,14H,3H2,1-2H3,(H,15,16)/t8-,11-/m0/s1. The van der Waals surface area contributed by atoms with Crippen molar-refractivity contribution in [3.05, 3.63) is 30.1 Å². The number of sulfonamides is 1. The van der Waals surface area contributed by atoms with Gasteiger partial charge in [-0.3, -0.25) is 4.79 Å². The van der Waals surface area contributed by atoms with Gasteiger partial charge in [0.1, 0.15) is 11.9 Å². The van der Waals surface area contributed by atoms with Crippen LogP contribution < -0.4 is 4.72 Å². The zero-order valence-electron chi connectivity index (χ0n) is 10.6. The third-order valence-electron chi connectivity index (χ3n) is 2.89.